The zero-order valence-electron chi connectivity index (χ0n) is 9.49. The highest BCUT2D eigenvalue weighted by Crippen LogP contribution is 2.18. The lowest BCUT2D eigenvalue weighted by molar-refractivity contribution is 0.0996. The molecule has 84 valence electrons. The Morgan fingerprint density at radius 2 is 2.19 bits per heavy atom. The van der Waals surface area contributed by atoms with Gasteiger partial charge in [0.2, 0.25) is 0 Å². The number of hydrogen-bond donors (Lipinski definition) is 0. The summed E-state index contributed by atoms with van der Waals surface area (Å²) in [7, 11) is 1.97. The second-order valence-corrected chi connectivity index (χ2v) is 5.28. The van der Waals surface area contributed by atoms with Gasteiger partial charge in [-0.2, -0.15) is 0 Å². The lowest BCUT2D eigenvalue weighted by Crippen LogP contribution is -2.09. The Hall–Kier alpha value is -1.16. The molecular weight excluding hydrogens is 268 g/mol. The normalized spacial score (nSPS) is 13.0. The number of fused-ring (bicyclic) bond motifs is 1. The van der Waals surface area contributed by atoms with Crippen LogP contribution in [0.3, 0.4) is 0 Å². The molecule has 0 aliphatic heterocycles. The van der Waals surface area contributed by atoms with Crippen LogP contribution in [-0.4, -0.2) is 20.2 Å². The topological polar surface area (TPSA) is 34.9 Å². The number of imidazole rings is 1. The highest BCUT2D eigenvalue weighted by molar-refractivity contribution is 9.10. The van der Waals surface area contributed by atoms with E-state index in [0.29, 0.717) is 5.56 Å². The SMILES string of the molecule is Cc1nc2cc(C(=O)C(C)Br)ccc2n1C. The van der Waals surface area contributed by atoms with E-state index in [4.69, 9.17) is 0 Å². The number of aryl methyl sites for hydroxylation is 2. The minimum Gasteiger partial charge on any atom is -0.331 e. The van der Waals surface area contributed by atoms with E-state index in [0.717, 1.165) is 16.9 Å². The Labute approximate surface area is 103 Å². The molecule has 2 rings (SSSR count). The van der Waals surface area contributed by atoms with Crippen molar-refractivity contribution in [2.45, 2.75) is 18.7 Å². The molecule has 1 aromatic heterocycles. The molecule has 3 nitrogen and oxygen atoms in total. The summed E-state index contributed by atoms with van der Waals surface area (Å²) in [5.41, 5.74) is 2.63. The number of carbonyl (C=O) groups excluding carboxylic acids is 1. The Balaban J connectivity index is 2.57. The molecule has 0 aliphatic rings. The third-order valence-corrected chi connectivity index (χ3v) is 3.17. The van der Waals surface area contributed by atoms with Gasteiger partial charge in [-0.3, -0.25) is 4.79 Å². The molecule has 1 heterocycles. The number of halogens is 1. The van der Waals surface area contributed by atoms with E-state index in [1.165, 1.54) is 0 Å². The maximum Gasteiger partial charge on any atom is 0.176 e. The maximum absolute atomic E-state index is 11.8. The van der Waals surface area contributed by atoms with Gasteiger partial charge in [0.1, 0.15) is 5.82 Å². The molecule has 0 saturated carbocycles. The summed E-state index contributed by atoms with van der Waals surface area (Å²) in [4.78, 5) is 16.1. The Morgan fingerprint density at radius 1 is 1.50 bits per heavy atom. The van der Waals surface area contributed by atoms with Crippen molar-refractivity contribution in [1.82, 2.24) is 9.55 Å². The summed E-state index contributed by atoms with van der Waals surface area (Å²) in [6.07, 6.45) is 0. The number of Topliss-reactive ketones (excluding diaryl/α,β-unsaturated/α-hetero) is 1. The van der Waals surface area contributed by atoms with Crippen LogP contribution < -0.4 is 0 Å². The van der Waals surface area contributed by atoms with Crippen LogP contribution in [0.15, 0.2) is 18.2 Å². The van der Waals surface area contributed by atoms with Crippen LogP contribution in [0.5, 0.6) is 0 Å². The van der Waals surface area contributed by atoms with Crippen molar-refractivity contribution in [1.29, 1.82) is 0 Å². The largest absolute Gasteiger partial charge is 0.331 e. The number of rotatable bonds is 2. The van der Waals surface area contributed by atoms with Crippen LogP contribution in [0.4, 0.5) is 0 Å². The standard InChI is InChI=1S/C12H13BrN2O/c1-7(13)12(16)9-4-5-11-10(6-9)14-8(2)15(11)3/h4-7H,1-3H3. The molecule has 4 heteroatoms. The maximum atomic E-state index is 11.8. The van der Waals surface area contributed by atoms with E-state index in [9.17, 15) is 4.79 Å². The second-order valence-electron chi connectivity index (χ2n) is 3.90. The van der Waals surface area contributed by atoms with Crippen molar-refractivity contribution >= 4 is 32.7 Å². The average Bonchev–Trinajstić information content (AvgIpc) is 2.53. The quantitative estimate of drug-likeness (QED) is 0.626. The van der Waals surface area contributed by atoms with Crippen LogP contribution in [0, 0.1) is 6.92 Å². The summed E-state index contributed by atoms with van der Waals surface area (Å²) < 4.78 is 2.02. The van der Waals surface area contributed by atoms with E-state index in [1.54, 1.807) is 0 Å². The highest BCUT2D eigenvalue weighted by atomic mass is 79.9. The molecular formula is C12H13BrN2O. The zero-order chi connectivity index (χ0) is 11.9. The summed E-state index contributed by atoms with van der Waals surface area (Å²) in [6.45, 7) is 3.78. The molecule has 1 aromatic carbocycles. The first kappa shape index (κ1) is 11.3. The molecule has 2 aromatic rings. The van der Waals surface area contributed by atoms with Gasteiger partial charge in [-0.05, 0) is 32.0 Å². The first-order valence-electron chi connectivity index (χ1n) is 5.12. The van der Waals surface area contributed by atoms with Crippen molar-refractivity contribution in [2.24, 2.45) is 7.05 Å². The number of nitrogens with zero attached hydrogens (tertiary/aromatic N) is 2. The van der Waals surface area contributed by atoms with Crippen molar-refractivity contribution in [2.75, 3.05) is 0 Å². The third-order valence-electron chi connectivity index (χ3n) is 2.75. The number of alkyl halides is 1. The molecule has 0 N–H and O–H groups in total. The lowest BCUT2D eigenvalue weighted by atomic mass is 10.1. The number of benzene rings is 1. The van der Waals surface area contributed by atoms with E-state index < -0.39 is 0 Å². The predicted octanol–water partition coefficient (Wildman–Crippen LogP) is 2.85. The molecule has 1 unspecified atom stereocenters. The van der Waals surface area contributed by atoms with Crippen molar-refractivity contribution in [3.05, 3.63) is 29.6 Å². The molecule has 0 amide bonds. The molecule has 0 aliphatic carbocycles. The number of ketones is 1. The fourth-order valence-electron chi connectivity index (χ4n) is 1.70. The molecule has 1 atom stereocenters. The van der Waals surface area contributed by atoms with Crippen LogP contribution >= 0.6 is 15.9 Å². The minimum absolute atomic E-state index is 0.0882. The number of hydrogen-bond acceptors (Lipinski definition) is 2. The summed E-state index contributed by atoms with van der Waals surface area (Å²) >= 11 is 3.29. The van der Waals surface area contributed by atoms with Gasteiger partial charge < -0.3 is 4.57 Å². The lowest BCUT2D eigenvalue weighted by Gasteiger charge is -2.02. The van der Waals surface area contributed by atoms with Crippen LogP contribution in [0.1, 0.15) is 23.1 Å². The van der Waals surface area contributed by atoms with Gasteiger partial charge in [-0.25, -0.2) is 4.98 Å². The number of aromatic nitrogens is 2. The van der Waals surface area contributed by atoms with Gasteiger partial charge in [0.25, 0.3) is 0 Å². The third kappa shape index (κ3) is 1.78. The van der Waals surface area contributed by atoms with E-state index >= 15 is 0 Å². The van der Waals surface area contributed by atoms with E-state index in [1.807, 2.05) is 43.7 Å². The van der Waals surface area contributed by atoms with E-state index in [-0.39, 0.29) is 10.6 Å². The minimum atomic E-state index is -0.158. The molecule has 0 saturated heterocycles. The molecule has 0 spiro atoms. The first-order valence-corrected chi connectivity index (χ1v) is 6.03. The van der Waals surface area contributed by atoms with Crippen LogP contribution in [0.25, 0.3) is 11.0 Å². The second kappa shape index (κ2) is 4.01. The van der Waals surface area contributed by atoms with Gasteiger partial charge >= 0.3 is 0 Å². The fraction of sp³-hybridized carbons (Fsp3) is 0.333. The zero-order valence-corrected chi connectivity index (χ0v) is 11.1. The van der Waals surface area contributed by atoms with Crippen molar-refractivity contribution in [3.8, 4) is 0 Å². The monoisotopic (exact) mass is 280 g/mol. The highest BCUT2D eigenvalue weighted by Gasteiger charge is 2.13. The predicted molar refractivity (Wildman–Crippen MR) is 68.2 cm³/mol. The molecule has 0 bridgehead atoms. The average molecular weight is 281 g/mol. The summed E-state index contributed by atoms with van der Waals surface area (Å²) in [5, 5.41) is 0. The van der Waals surface area contributed by atoms with Gasteiger partial charge in [0, 0.05) is 12.6 Å². The smallest absolute Gasteiger partial charge is 0.176 e. The van der Waals surface area contributed by atoms with Gasteiger partial charge in [-0.1, -0.05) is 15.9 Å². The van der Waals surface area contributed by atoms with Crippen molar-refractivity contribution < 1.29 is 4.79 Å². The molecule has 0 radical (unpaired) electrons. The van der Waals surface area contributed by atoms with Gasteiger partial charge in [0.05, 0.1) is 15.9 Å². The van der Waals surface area contributed by atoms with Crippen LogP contribution in [0.2, 0.25) is 0 Å². The van der Waals surface area contributed by atoms with E-state index in [2.05, 4.69) is 20.9 Å². The number of carbonyl (C=O) groups is 1. The van der Waals surface area contributed by atoms with Crippen molar-refractivity contribution in [3.63, 3.8) is 0 Å². The Bertz CT molecular complexity index is 557. The summed E-state index contributed by atoms with van der Waals surface area (Å²) in [6, 6.07) is 5.64. The van der Waals surface area contributed by atoms with Gasteiger partial charge in [0.15, 0.2) is 5.78 Å². The molecule has 0 fully saturated rings. The fourth-order valence-corrected chi connectivity index (χ4v) is 1.97. The van der Waals surface area contributed by atoms with Crippen LogP contribution in [-0.2, 0) is 7.05 Å². The van der Waals surface area contributed by atoms with Gasteiger partial charge in [-0.15, -0.1) is 0 Å². The Morgan fingerprint density at radius 3 is 2.81 bits per heavy atom. The Kier molecular flexibility index (Phi) is 2.84. The first-order chi connectivity index (χ1) is 7.50. The summed E-state index contributed by atoms with van der Waals surface area (Å²) in [5.74, 6) is 1.04. The molecule has 16 heavy (non-hydrogen) atoms.